The molecule has 0 aliphatic rings. The summed E-state index contributed by atoms with van der Waals surface area (Å²) >= 11 is 0. The van der Waals surface area contributed by atoms with Crippen LogP contribution in [0.2, 0.25) is 0 Å². The quantitative estimate of drug-likeness (QED) is 0.547. The zero-order valence-corrected chi connectivity index (χ0v) is 11.3. The molecule has 0 radical (unpaired) electrons. The molecule has 0 aliphatic carbocycles. The van der Waals surface area contributed by atoms with E-state index in [1.165, 1.54) is 18.3 Å². The smallest absolute Gasteiger partial charge is 0.396 e. The van der Waals surface area contributed by atoms with Crippen LogP contribution in [0.3, 0.4) is 0 Å². The molecule has 0 N–H and O–H groups in total. The van der Waals surface area contributed by atoms with Gasteiger partial charge in [0.15, 0.2) is 11.6 Å². The molecule has 23 heavy (non-hydrogen) atoms. The van der Waals surface area contributed by atoms with Crippen molar-refractivity contribution in [2.75, 3.05) is 0 Å². The van der Waals surface area contributed by atoms with Gasteiger partial charge in [-0.25, -0.2) is 8.78 Å². The number of benzene rings is 1. The van der Waals surface area contributed by atoms with E-state index in [4.69, 9.17) is 4.74 Å². The fourth-order valence-electron chi connectivity index (χ4n) is 1.95. The predicted molar refractivity (Wildman–Crippen MR) is 74.5 cm³/mol. The van der Waals surface area contributed by atoms with Gasteiger partial charge in [0.05, 0.1) is 4.92 Å². The van der Waals surface area contributed by atoms with Crippen LogP contribution in [0.4, 0.5) is 14.5 Å². The summed E-state index contributed by atoms with van der Waals surface area (Å²) < 4.78 is 32.5. The molecule has 116 valence electrons. The van der Waals surface area contributed by atoms with E-state index in [1.807, 2.05) is 0 Å². The maximum absolute atomic E-state index is 13.6. The van der Waals surface area contributed by atoms with Gasteiger partial charge >= 0.3 is 17.1 Å². The van der Waals surface area contributed by atoms with Gasteiger partial charge in [-0.05, 0) is 24.3 Å². The summed E-state index contributed by atoms with van der Waals surface area (Å²) in [5.74, 6) is -3.07. The zero-order chi connectivity index (χ0) is 16.6. The highest BCUT2D eigenvalue weighted by molar-refractivity contribution is 5.50. The van der Waals surface area contributed by atoms with E-state index in [0.29, 0.717) is 6.07 Å². The van der Waals surface area contributed by atoms with E-state index in [9.17, 15) is 23.7 Å². The van der Waals surface area contributed by atoms with Crippen LogP contribution in [0.15, 0.2) is 47.4 Å². The van der Waals surface area contributed by atoms with Gasteiger partial charge in [-0.15, -0.1) is 0 Å². The van der Waals surface area contributed by atoms with Gasteiger partial charge in [-0.3, -0.25) is 19.3 Å². The van der Waals surface area contributed by atoms with Gasteiger partial charge in [-0.2, -0.15) is 4.98 Å². The Bertz CT molecular complexity index is 987. The van der Waals surface area contributed by atoms with Crippen LogP contribution in [0.1, 0.15) is 0 Å². The first kappa shape index (κ1) is 14.6. The van der Waals surface area contributed by atoms with Gasteiger partial charge in [-0.1, -0.05) is 6.07 Å². The van der Waals surface area contributed by atoms with Crippen LogP contribution in [0.5, 0.6) is 11.6 Å². The first-order chi connectivity index (χ1) is 11.0. The Morgan fingerprint density at radius 3 is 2.70 bits per heavy atom. The number of fused-ring (bicyclic) bond motifs is 1. The third kappa shape index (κ3) is 2.59. The van der Waals surface area contributed by atoms with E-state index in [2.05, 4.69) is 4.98 Å². The van der Waals surface area contributed by atoms with Gasteiger partial charge < -0.3 is 4.74 Å². The summed E-state index contributed by atoms with van der Waals surface area (Å²) in [6.45, 7) is 0. The van der Waals surface area contributed by atoms with Gasteiger partial charge in [0.25, 0.3) is 0 Å². The number of nitrogens with zero attached hydrogens (tertiary/aromatic N) is 3. The molecule has 0 saturated carbocycles. The Kier molecular flexibility index (Phi) is 3.45. The molecular formula is C14H7F2N3O4. The molecule has 0 fully saturated rings. The van der Waals surface area contributed by atoms with Crippen LogP contribution >= 0.6 is 0 Å². The van der Waals surface area contributed by atoms with Crippen molar-refractivity contribution in [2.45, 2.75) is 0 Å². The van der Waals surface area contributed by atoms with Crippen LogP contribution in [0.25, 0.3) is 5.65 Å². The molecule has 0 saturated heterocycles. The lowest BCUT2D eigenvalue weighted by Gasteiger charge is -2.07. The molecule has 0 unspecified atom stereocenters. The number of ether oxygens (including phenoxy) is 1. The second-order valence-electron chi connectivity index (χ2n) is 4.43. The summed E-state index contributed by atoms with van der Waals surface area (Å²) in [7, 11) is 0. The fraction of sp³-hybridized carbons (Fsp3) is 0. The third-order valence-corrected chi connectivity index (χ3v) is 2.96. The Balaban J connectivity index is 2.21. The molecule has 0 amide bonds. The summed E-state index contributed by atoms with van der Waals surface area (Å²) in [5, 5.41) is 11.1. The van der Waals surface area contributed by atoms with E-state index in [0.717, 1.165) is 16.5 Å². The summed E-state index contributed by atoms with van der Waals surface area (Å²) in [6.07, 6.45) is 1.31. The number of pyridine rings is 1. The van der Waals surface area contributed by atoms with E-state index < -0.39 is 39.4 Å². The van der Waals surface area contributed by atoms with E-state index in [1.54, 1.807) is 6.07 Å². The summed E-state index contributed by atoms with van der Waals surface area (Å²) in [5.41, 5.74) is -1.84. The summed E-state index contributed by atoms with van der Waals surface area (Å²) in [4.78, 5) is 26.2. The lowest BCUT2D eigenvalue weighted by atomic mass is 10.3. The topological polar surface area (TPSA) is 86.7 Å². The molecule has 0 aliphatic heterocycles. The monoisotopic (exact) mass is 319 g/mol. The van der Waals surface area contributed by atoms with Crippen molar-refractivity contribution in [3.8, 4) is 11.6 Å². The van der Waals surface area contributed by atoms with Gasteiger partial charge in [0.1, 0.15) is 11.5 Å². The number of aromatic nitrogens is 2. The number of rotatable bonds is 3. The second kappa shape index (κ2) is 5.44. The number of hydrogen-bond acceptors (Lipinski definition) is 5. The standard InChI is InChI=1S/C14H7F2N3O4/c15-8-4-5-10(9(16)7-8)23-13-12(19(21)22)14(20)18-6-2-1-3-11(18)17-13/h1-7H. The lowest BCUT2D eigenvalue weighted by molar-refractivity contribution is -0.387. The van der Waals surface area contributed by atoms with Crippen LogP contribution in [-0.4, -0.2) is 14.3 Å². The predicted octanol–water partition coefficient (Wildman–Crippen LogP) is 2.67. The average Bonchev–Trinajstić information content (AvgIpc) is 2.50. The Morgan fingerprint density at radius 2 is 2.00 bits per heavy atom. The van der Waals surface area contributed by atoms with Crippen molar-refractivity contribution >= 4 is 11.3 Å². The molecular weight excluding hydrogens is 312 g/mol. The van der Waals surface area contributed by atoms with Gasteiger partial charge in [0.2, 0.25) is 0 Å². The van der Waals surface area contributed by atoms with Crippen molar-refractivity contribution in [3.63, 3.8) is 0 Å². The van der Waals surface area contributed by atoms with E-state index in [-0.39, 0.29) is 5.65 Å². The largest absolute Gasteiger partial charge is 0.430 e. The van der Waals surface area contributed by atoms with Crippen molar-refractivity contribution in [3.05, 3.63) is 74.7 Å². The maximum atomic E-state index is 13.6. The highest BCUT2D eigenvalue weighted by atomic mass is 19.1. The Morgan fingerprint density at radius 1 is 1.22 bits per heavy atom. The molecule has 0 spiro atoms. The highest BCUT2D eigenvalue weighted by Gasteiger charge is 2.26. The van der Waals surface area contributed by atoms with Gasteiger partial charge in [0, 0.05) is 12.3 Å². The van der Waals surface area contributed by atoms with Crippen molar-refractivity contribution in [1.82, 2.24) is 9.38 Å². The SMILES string of the molecule is O=c1c([N+](=O)[O-])c(Oc2ccc(F)cc2F)nc2ccccn12. The Hall–Kier alpha value is -3.36. The normalized spacial score (nSPS) is 10.7. The van der Waals surface area contributed by atoms with E-state index >= 15 is 0 Å². The second-order valence-corrected chi connectivity index (χ2v) is 4.43. The average molecular weight is 319 g/mol. The molecule has 1 aromatic carbocycles. The zero-order valence-electron chi connectivity index (χ0n) is 11.3. The number of nitro groups is 1. The molecule has 2 aromatic heterocycles. The minimum atomic E-state index is -1.07. The molecule has 0 atom stereocenters. The van der Waals surface area contributed by atoms with Crippen LogP contribution < -0.4 is 10.3 Å². The third-order valence-electron chi connectivity index (χ3n) is 2.96. The number of hydrogen-bond donors (Lipinski definition) is 0. The molecule has 0 bridgehead atoms. The van der Waals surface area contributed by atoms with Crippen molar-refractivity contribution < 1.29 is 18.4 Å². The molecule has 9 heteroatoms. The highest BCUT2D eigenvalue weighted by Crippen LogP contribution is 2.28. The van der Waals surface area contributed by atoms with Crippen LogP contribution in [0, 0.1) is 21.7 Å². The van der Waals surface area contributed by atoms with Crippen LogP contribution in [-0.2, 0) is 0 Å². The van der Waals surface area contributed by atoms with Crippen molar-refractivity contribution in [2.24, 2.45) is 0 Å². The minimum absolute atomic E-state index is 0.0839. The maximum Gasteiger partial charge on any atom is 0.396 e. The molecule has 3 rings (SSSR count). The van der Waals surface area contributed by atoms with Crippen molar-refractivity contribution in [1.29, 1.82) is 0 Å². The lowest BCUT2D eigenvalue weighted by Crippen LogP contribution is -2.19. The minimum Gasteiger partial charge on any atom is -0.430 e. The number of halogens is 2. The fourth-order valence-corrected chi connectivity index (χ4v) is 1.95. The Labute approximate surface area is 126 Å². The molecule has 7 nitrogen and oxygen atoms in total. The first-order valence-electron chi connectivity index (χ1n) is 6.26. The molecule has 3 aromatic rings. The first-order valence-corrected chi connectivity index (χ1v) is 6.26. The summed E-state index contributed by atoms with van der Waals surface area (Å²) in [6, 6.07) is 6.91. The molecule has 2 heterocycles.